The number of benzene rings is 5. The largest absolute Gasteiger partial charge is 0.465 e. The summed E-state index contributed by atoms with van der Waals surface area (Å²) < 4.78 is 65.0. The van der Waals surface area contributed by atoms with Crippen molar-refractivity contribution in [3.8, 4) is 22.6 Å². The second-order valence-electron chi connectivity index (χ2n) is 12.1. The number of nitrogens with one attached hydrogen (secondary N) is 2. The van der Waals surface area contributed by atoms with E-state index >= 15 is 0 Å². The Morgan fingerprint density at radius 3 is 1.98 bits per heavy atom. The number of sulfone groups is 1. The molecule has 0 bridgehead atoms. The van der Waals surface area contributed by atoms with Crippen LogP contribution < -0.4 is 14.8 Å². The van der Waals surface area contributed by atoms with E-state index in [1.807, 2.05) is 24.3 Å². The van der Waals surface area contributed by atoms with Gasteiger partial charge >= 0.3 is 5.97 Å². The molecule has 0 spiro atoms. The molecule has 5 aromatic carbocycles. The van der Waals surface area contributed by atoms with Gasteiger partial charge in [0.15, 0.2) is 15.6 Å². The van der Waals surface area contributed by atoms with E-state index < -0.39 is 37.3 Å². The average Bonchev–Trinajstić information content (AvgIpc) is 3.03. The lowest BCUT2D eigenvalue weighted by Gasteiger charge is -2.21. The van der Waals surface area contributed by atoms with E-state index in [1.165, 1.54) is 43.5 Å². The lowest BCUT2D eigenvalue weighted by atomic mass is 10.0. The zero-order valence-corrected chi connectivity index (χ0v) is 28.5. The lowest BCUT2D eigenvalue weighted by Crippen LogP contribution is -2.40. The summed E-state index contributed by atoms with van der Waals surface area (Å²) in [4.78, 5) is 26.2. The maximum absolute atomic E-state index is 13.5. The topological polar surface area (TPSA) is 145 Å². The summed E-state index contributed by atoms with van der Waals surface area (Å²) in [6.07, 6.45) is 1.04. The standard InChI is InChI=1S/C36H34N2O8S2/c1-36(2,3)38-48(43,44)33-13-9-8-12-28(33)23-14-16-24(17-15-23)34(39)37-30-22-27(47(5,41)42)18-19-31(30)46-32-21-26-11-7-6-10-25(26)20-29(32)35(40)45-4/h6-22,38H,1-5H3,(H,37,39). The van der Waals surface area contributed by atoms with Crippen molar-refractivity contribution < 1.29 is 35.9 Å². The molecule has 0 aliphatic carbocycles. The molecule has 0 fully saturated rings. The lowest BCUT2D eigenvalue weighted by molar-refractivity contribution is 0.0598. The highest BCUT2D eigenvalue weighted by molar-refractivity contribution is 7.90. The van der Waals surface area contributed by atoms with Crippen LogP contribution in [0.5, 0.6) is 11.5 Å². The number of rotatable bonds is 9. The van der Waals surface area contributed by atoms with Crippen LogP contribution >= 0.6 is 0 Å². The molecule has 0 aliphatic heterocycles. The number of fused-ring (bicyclic) bond motifs is 1. The average molecular weight is 687 g/mol. The van der Waals surface area contributed by atoms with Crippen LogP contribution in [-0.4, -0.2) is 47.6 Å². The van der Waals surface area contributed by atoms with Crippen molar-refractivity contribution in [3.05, 3.63) is 114 Å². The van der Waals surface area contributed by atoms with Crippen molar-refractivity contribution in [1.82, 2.24) is 4.72 Å². The molecule has 10 nitrogen and oxygen atoms in total. The highest BCUT2D eigenvalue weighted by Crippen LogP contribution is 2.36. The van der Waals surface area contributed by atoms with Gasteiger partial charge in [-0.1, -0.05) is 54.6 Å². The first kappa shape index (κ1) is 34.3. The zero-order chi connectivity index (χ0) is 34.9. The molecular formula is C36H34N2O8S2. The Morgan fingerprint density at radius 2 is 1.35 bits per heavy atom. The number of methoxy groups -OCH3 is 1. The molecule has 0 radical (unpaired) electrons. The molecule has 0 aliphatic rings. The fourth-order valence-electron chi connectivity index (χ4n) is 5.01. The van der Waals surface area contributed by atoms with Gasteiger partial charge in [-0.2, -0.15) is 0 Å². The van der Waals surface area contributed by atoms with E-state index in [2.05, 4.69) is 10.0 Å². The van der Waals surface area contributed by atoms with Crippen LogP contribution in [0.2, 0.25) is 0 Å². The first-order valence-corrected chi connectivity index (χ1v) is 18.1. The maximum atomic E-state index is 13.5. The molecule has 0 atom stereocenters. The minimum atomic E-state index is -3.85. The maximum Gasteiger partial charge on any atom is 0.341 e. The molecule has 2 N–H and O–H groups in total. The highest BCUT2D eigenvalue weighted by atomic mass is 32.2. The molecule has 0 aromatic heterocycles. The van der Waals surface area contributed by atoms with Crippen molar-refractivity contribution in [1.29, 1.82) is 0 Å². The Morgan fingerprint density at radius 1 is 0.729 bits per heavy atom. The van der Waals surface area contributed by atoms with Gasteiger partial charge in [-0.3, -0.25) is 4.79 Å². The second kappa shape index (κ2) is 13.2. The number of ether oxygens (including phenoxy) is 2. The summed E-state index contributed by atoms with van der Waals surface area (Å²) in [5, 5.41) is 4.29. The fourth-order valence-corrected chi connectivity index (χ4v) is 7.31. The summed E-state index contributed by atoms with van der Waals surface area (Å²) in [5.41, 5.74) is 0.714. The van der Waals surface area contributed by atoms with Crippen LogP contribution in [0.25, 0.3) is 21.9 Å². The Labute approximate surface area is 279 Å². The number of esters is 1. The third-order valence-electron chi connectivity index (χ3n) is 7.18. The molecule has 0 saturated carbocycles. The zero-order valence-electron chi connectivity index (χ0n) is 26.9. The number of amides is 1. The van der Waals surface area contributed by atoms with Crippen molar-refractivity contribution >= 4 is 48.2 Å². The normalized spacial score (nSPS) is 12.0. The van der Waals surface area contributed by atoms with Gasteiger partial charge in [0.1, 0.15) is 11.3 Å². The van der Waals surface area contributed by atoms with E-state index in [9.17, 15) is 26.4 Å². The van der Waals surface area contributed by atoms with Gasteiger partial charge in [0.2, 0.25) is 10.0 Å². The van der Waals surface area contributed by atoms with Gasteiger partial charge in [0.05, 0.1) is 22.6 Å². The van der Waals surface area contributed by atoms with Gasteiger partial charge in [-0.05, 0) is 85.6 Å². The van der Waals surface area contributed by atoms with E-state index in [-0.39, 0.29) is 38.1 Å². The smallest absolute Gasteiger partial charge is 0.341 e. The Kier molecular flexibility index (Phi) is 9.45. The van der Waals surface area contributed by atoms with Gasteiger partial charge in [-0.25, -0.2) is 26.4 Å². The first-order chi connectivity index (χ1) is 22.6. The molecule has 5 aromatic rings. The van der Waals surface area contributed by atoms with Crippen LogP contribution in [0.3, 0.4) is 0 Å². The highest BCUT2D eigenvalue weighted by Gasteiger charge is 2.25. The molecule has 1 amide bonds. The summed E-state index contributed by atoms with van der Waals surface area (Å²) in [7, 11) is -6.27. The van der Waals surface area contributed by atoms with Gasteiger partial charge in [0, 0.05) is 22.9 Å². The molecule has 5 rings (SSSR count). The Hall–Kier alpha value is -5.04. The number of carbonyl (C=O) groups excluding carboxylic acids is 2. The van der Waals surface area contributed by atoms with Crippen LogP contribution in [0.15, 0.2) is 113 Å². The first-order valence-electron chi connectivity index (χ1n) is 14.7. The molecular weight excluding hydrogens is 653 g/mol. The van der Waals surface area contributed by atoms with E-state index in [1.54, 1.807) is 63.2 Å². The third-order valence-corrected chi connectivity index (χ3v) is 10.1. The molecule has 0 heterocycles. The number of hydrogen-bond acceptors (Lipinski definition) is 8. The van der Waals surface area contributed by atoms with Crippen LogP contribution in [0.4, 0.5) is 5.69 Å². The molecule has 48 heavy (non-hydrogen) atoms. The summed E-state index contributed by atoms with van der Waals surface area (Å²) in [5.74, 6) is -1.00. The molecule has 0 unspecified atom stereocenters. The SMILES string of the molecule is COC(=O)c1cc2ccccc2cc1Oc1ccc(S(C)(=O)=O)cc1NC(=O)c1ccc(-c2ccccc2S(=O)(=O)NC(C)(C)C)cc1. The van der Waals surface area contributed by atoms with Crippen molar-refractivity contribution in [3.63, 3.8) is 0 Å². The monoisotopic (exact) mass is 686 g/mol. The number of hydrogen-bond donors (Lipinski definition) is 2. The van der Waals surface area contributed by atoms with Gasteiger partial charge < -0.3 is 14.8 Å². The van der Waals surface area contributed by atoms with Gasteiger partial charge in [0.25, 0.3) is 5.91 Å². The van der Waals surface area contributed by atoms with E-state index in [0.717, 1.165) is 17.0 Å². The van der Waals surface area contributed by atoms with Crippen molar-refractivity contribution in [2.45, 2.75) is 36.1 Å². The molecule has 12 heteroatoms. The van der Waals surface area contributed by atoms with E-state index in [0.29, 0.717) is 11.1 Å². The van der Waals surface area contributed by atoms with Crippen LogP contribution in [0.1, 0.15) is 41.5 Å². The van der Waals surface area contributed by atoms with Crippen molar-refractivity contribution in [2.24, 2.45) is 0 Å². The molecule has 248 valence electrons. The Bertz CT molecular complexity index is 2260. The van der Waals surface area contributed by atoms with Crippen LogP contribution in [0, 0.1) is 0 Å². The number of sulfonamides is 1. The minimum Gasteiger partial charge on any atom is -0.465 e. The minimum absolute atomic E-state index is 0.0423. The summed E-state index contributed by atoms with van der Waals surface area (Å²) >= 11 is 0. The molecule has 0 saturated heterocycles. The predicted molar refractivity (Wildman–Crippen MR) is 185 cm³/mol. The number of carbonyl (C=O) groups is 2. The fraction of sp³-hybridized carbons (Fsp3) is 0.167. The Balaban J connectivity index is 1.49. The summed E-state index contributed by atoms with van der Waals surface area (Å²) in [6.45, 7) is 5.26. The predicted octanol–water partition coefficient (Wildman–Crippen LogP) is 6.82. The van der Waals surface area contributed by atoms with Crippen molar-refractivity contribution in [2.75, 3.05) is 18.7 Å². The quantitative estimate of drug-likeness (QED) is 0.161. The second-order valence-corrected chi connectivity index (χ2v) is 15.8. The van der Waals surface area contributed by atoms with Gasteiger partial charge in [-0.15, -0.1) is 0 Å². The number of anilines is 1. The van der Waals surface area contributed by atoms with E-state index in [4.69, 9.17) is 9.47 Å². The summed E-state index contributed by atoms with van der Waals surface area (Å²) in [6, 6.07) is 27.5. The van der Waals surface area contributed by atoms with Crippen LogP contribution in [-0.2, 0) is 24.6 Å². The third kappa shape index (κ3) is 7.73.